The summed E-state index contributed by atoms with van der Waals surface area (Å²) < 4.78 is 5.06. The number of hydrogen-bond acceptors (Lipinski definition) is 5. The molecule has 2 heterocycles. The van der Waals surface area contributed by atoms with Gasteiger partial charge in [-0.25, -0.2) is 0 Å². The molecule has 0 unspecified atom stereocenters. The smallest absolute Gasteiger partial charge is 0.312 e. The molecule has 0 saturated carbocycles. The Labute approximate surface area is 103 Å². The molecule has 1 aromatic heterocycles. The minimum atomic E-state index is -0.157. The number of aromatic nitrogens is 2. The van der Waals surface area contributed by atoms with Crippen LogP contribution in [0.5, 0.6) is 0 Å². The molecular weight excluding hydrogens is 232 g/mol. The summed E-state index contributed by atoms with van der Waals surface area (Å²) in [7, 11) is 0. The summed E-state index contributed by atoms with van der Waals surface area (Å²) in [6.45, 7) is 1.78. The van der Waals surface area contributed by atoms with Crippen molar-refractivity contribution >= 4 is 17.6 Å². The highest BCUT2D eigenvalue weighted by atomic mass is 16.5. The lowest BCUT2D eigenvalue weighted by molar-refractivity contribution is -0.117. The molecule has 18 heavy (non-hydrogen) atoms. The van der Waals surface area contributed by atoms with Crippen LogP contribution in [0.15, 0.2) is 40.0 Å². The van der Waals surface area contributed by atoms with Gasteiger partial charge in [-0.3, -0.25) is 4.79 Å². The monoisotopic (exact) mass is 242 g/mol. The summed E-state index contributed by atoms with van der Waals surface area (Å²) in [5, 5.41) is 9.04. The van der Waals surface area contributed by atoms with Crippen LogP contribution in [0.1, 0.15) is 13.3 Å². The van der Waals surface area contributed by atoms with Gasteiger partial charge in [-0.1, -0.05) is 35.5 Å². The zero-order valence-electron chi connectivity index (χ0n) is 9.70. The third kappa shape index (κ3) is 1.77. The highest BCUT2D eigenvalue weighted by molar-refractivity contribution is 6.11. The van der Waals surface area contributed by atoms with Crippen molar-refractivity contribution in [2.45, 2.75) is 13.3 Å². The van der Waals surface area contributed by atoms with Gasteiger partial charge in [0.15, 0.2) is 0 Å². The Balaban J connectivity index is 1.93. The average molecular weight is 242 g/mol. The molecule has 0 aliphatic carbocycles. The van der Waals surface area contributed by atoms with E-state index in [-0.39, 0.29) is 11.9 Å². The highest BCUT2D eigenvalue weighted by Crippen LogP contribution is 2.22. The van der Waals surface area contributed by atoms with Gasteiger partial charge in [0.25, 0.3) is 5.91 Å². The number of amides is 1. The average Bonchev–Trinajstić information content (AvgIpc) is 2.97. The molecule has 1 aliphatic rings. The van der Waals surface area contributed by atoms with Crippen LogP contribution < -0.4 is 5.01 Å². The summed E-state index contributed by atoms with van der Waals surface area (Å²) in [6, 6.07) is 9.52. The van der Waals surface area contributed by atoms with Crippen LogP contribution in [-0.2, 0) is 4.79 Å². The maximum atomic E-state index is 11.6. The molecule has 90 valence electrons. The predicted octanol–water partition coefficient (Wildman–Crippen LogP) is 1.85. The van der Waals surface area contributed by atoms with Crippen molar-refractivity contribution in [2.24, 2.45) is 5.10 Å². The van der Waals surface area contributed by atoms with Crippen molar-refractivity contribution in [3.63, 3.8) is 0 Å². The molecule has 0 spiro atoms. The van der Waals surface area contributed by atoms with E-state index in [4.69, 9.17) is 4.52 Å². The van der Waals surface area contributed by atoms with Crippen LogP contribution >= 0.6 is 0 Å². The van der Waals surface area contributed by atoms with E-state index in [2.05, 4.69) is 15.2 Å². The Morgan fingerprint density at radius 3 is 2.72 bits per heavy atom. The van der Waals surface area contributed by atoms with Crippen molar-refractivity contribution in [3.05, 3.63) is 30.3 Å². The van der Waals surface area contributed by atoms with Crippen molar-refractivity contribution in [2.75, 3.05) is 5.01 Å². The molecule has 6 nitrogen and oxygen atoms in total. The largest absolute Gasteiger partial charge is 0.352 e. The first kappa shape index (κ1) is 10.6. The standard InChI is InChI=1S/C12H10N4O2/c1-8-7-10(17)16(14-8)12-13-11(15-18-12)9-5-3-2-4-6-9/h2-6H,7H2,1H3. The minimum absolute atomic E-state index is 0.107. The van der Waals surface area contributed by atoms with Crippen LogP contribution in [-0.4, -0.2) is 21.8 Å². The number of hydrogen-bond donors (Lipinski definition) is 0. The predicted molar refractivity (Wildman–Crippen MR) is 64.9 cm³/mol. The first-order chi connectivity index (χ1) is 8.74. The summed E-state index contributed by atoms with van der Waals surface area (Å²) >= 11 is 0. The van der Waals surface area contributed by atoms with Gasteiger partial charge in [-0.2, -0.15) is 10.1 Å². The van der Waals surface area contributed by atoms with E-state index in [0.717, 1.165) is 16.3 Å². The summed E-state index contributed by atoms with van der Waals surface area (Å²) in [4.78, 5) is 15.8. The van der Waals surface area contributed by atoms with Crippen molar-refractivity contribution < 1.29 is 9.32 Å². The lowest BCUT2D eigenvalue weighted by atomic mass is 10.2. The second-order valence-corrected chi connectivity index (χ2v) is 3.98. The fourth-order valence-electron chi connectivity index (χ4n) is 1.71. The van der Waals surface area contributed by atoms with E-state index >= 15 is 0 Å². The zero-order chi connectivity index (χ0) is 12.5. The number of carbonyl (C=O) groups is 1. The van der Waals surface area contributed by atoms with Gasteiger partial charge >= 0.3 is 6.01 Å². The fraction of sp³-hybridized carbons (Fsp3) is 0.167. The van der Waals surface area contributed by atoms with Gasteiger partial charge < -0.3 is 4.52 Å². The summed E-state index contributed by atoms with van der Waals surface area (Å²) in [5.74, 6) is 0.286. The second kappa shape index (κ2) is 4.06. The van der Waals surface area contributed by atoms with Crippen LogP contribution in [0.4, 0.5) is 6.01 Å². The van der Waals surface area contributed by atoms with E-state index in [9.17, 15) is 4.79 Å². The van der Waals surface area contributed by atoms with Gasteiger partial charge in [-0.05, 0) is 6.92 Å². The number of anilines is 1. The summed E-state index contributed by atoms with van der Waals surface area (Å²) in [5.41, 5.74) is 1.57. The van der Waals surface area contributed by atoms with Gasteiger partial charge in [0.05, 0.1) is 6.42 Å². The Morgan fingerprint density at radius 2 is 2.06 bits per heavy atom. The highest BCUT2D eigenvalue weighted by Gasteiger charge is 2.27. The van der Waals surface area contributed by atoms with Crippen molar-refractivity contribution in [1.29, 1.82) is 0 Å². The van der Waals surface area contributed by atoms with E-state index in [1.54, 1.807) is 6.92 Å². The number of nitrogens with zero attached hydrogens (tertiary/aromatic N) is 4. The molecular formula is C12H10N4O2. The van der Waals surface area contributed by atoms with E-state index in [1.807, 2.05) is 30.3 Å². The van der Waals surface area contributed by atoms with Crippen LogP contribution in [0.25, 0.3) is 11.4 Å². The van der Waals surface area contributed by atoms with E-state index in [1.165, 1.54) is 0 Å². The number of carbonyl (C=O) groups excluding carboxylic acids is 1. The lowest BCUT2D eigenvalue weighted by Gasteiger charge is -2.02. The van der Waals surface area contributed by atoms with E-state index < -0.39 is 0 Å². The molecule has 0 N–H and O–H groups in total. The Hall–Kier alpha value is -2.50. The van der Waals surface area contributed by atoms with Gasteiger partial charge in [0.1, 0.15) is 0 Å². The van der Waals surface area contributed by atoms with Crippen LogP contribution in [0.3, 0.4) is 0 Å². The maximum absolute atomic E-state index is 11.6. The number of benzene rings is 1. The van der Waals surface area contributed by atoms with Gasteiger partial charge in [0.2, 0.25) is 5.82 Å². The molecule has 1 amide bonds. The third-order valence-corrected chi connectivity index (χ3v) is 2.54. The van der Waals surface area contributed by atoms with Gasteiger partial charge in [-0.15, -0.1) is 5.01 Å². The van der Waals surface area contributed by atoms with Crippen molar-refractivity contribution in [3.8, 4) is 11.4 Å². The quantitative estimate of drug-likeness (QED) is 0.805. The number of hydrazone groups is 1. The lowest BCUT2D eigenvalue weighted by Crippen LogP contribution is -2.19. The Morgan fingerprint density at radius 1 is 1.28 bits per heavy atom. The zero-order valence-corrected chi connectivity index (χ0v) is 9.70. The minimum Gasteiger partial charge on any atom is -0.312 e. The second-order valence-electron chi connectivity index (χ2n) is 3.98. The molecule has 1 aliphatic heterocycles. The van der Waals surface area contributed by atoms with Gasteiger partial charge in [0, 0.05) is 11.3 Å². The first-order valence-electron chi connectivity index (χ1n) is 5.50. The topological polar surface area (TPSA) is 71.6 Å². The molecule has 1 aromatic carbocycles. The molecule has 0 saturated heterocycles. The molecule has 0 atom stereocenters. The third-order valence-electron chi connectivity index (χ3n) is 2.54. The molecule has 6 heteroatoms. The molecule has 0 fully saturated rings. The Bertz CT molecular complexity index is 618. The molecule has 0 radical (unpaired) electrons. The maximum Gasteiger partial charge on any atom is 0.352 e. The van der Waals surface area contributed by atoms with Crippen LogP contribution in [0.2, 0.25) is 0 Å². The summed E-state index contributed by atoms with van der Waals surface area (Å²) in [6.07, 6.45) is 0.295. The number of rotatable bonds is 2. The molecule has 3 rings (SSSR count). The van der Waals surface area contributed by atoms with E-state index in [0.29, 0.717) is 12.2 Å². The fourth-order valence-corrected chi connectivity index (χ4v) is 1.71. The molecule has 0 bridgehead atoms. The van der Waals surface area contributed by atoms with Crippen LogP contribution in [0, 0.1) is 0 Å². The SMILES string of the molecule is CC1=NN(c2nc(-c3ccccc3)no2)C(=O)C1. The first-order valence-corrected chi connectivity index (χ1v) is 5.50. The molecule has 2 aromatic rings. The van der Waals surface area contributed by atoms with Crippen molar-refractivity contribution in [1.82, 2.24) is 10.1 Å². The normalized spacial score (nSPS) is 15.1. The Kier molecular flexibility index (Phi) is 2.40.